The van der Waals surface area contributed by atoms with Crippen LogP contribution in [0.15, 0.2) is 35.1 Å². The highest BCUT2D eigenvalue weighted by Crippen LogP contribution is 2.26. The Bertz CT molecular complexity index is 946. The van der Waals surface area contributed by atoms with Crippen LogP contribution in [0.2, 0.25) is 0 Å². The fraction of sp³-hybridized carbons (Fsp3) is 0.526. The zero-order valence-electron chi connectivity index (χ0n) is 18.1. The third-order valence-corrected chi connectivity index (χ3v) is 6.55. The highest BCUT2D eigenvalue weighted by atomic mass is 32.2. The number of nitrogens with two attached hydrogens (primary N) is 1. The molecule has 0 bridgehead atoms. The Morgan fingerprint density at radius 1 is 1.29 bits per heavy atom. The van der Waals surface area contributed by atoms with Crippen molar-refractivity contribution in [3.63, 3.8) is 0 Å². The first kappa shape index (κ1) is 29.3. The Morgan fingerprint density at radius 2 is 1.88 bits per heavy atom. The number of carbonyl (C=O) groups is 2. The molecule has 0 radical (unpaired) electrons. The Morgan fingerprint density at radius 3 is 2.29 bits per heavy atom. The van der Waals surface area contributed by atoms with Gasteiger partial charge >= 0.3 is 18.1 Å². The molecule has 1 aromatic rings. The number of carboxylic acid groups (broad SMARTS) is 1. The largest absolute Gasteiger partial charge is 0.490 e. The van der Waals surface area contributed by atoms with Crippen molar-refractivity contribution in [3.8, 4) is 5.88 Å². The van der Waals surface area contributed by atoms with Gasteiger partial charge in [0.05, 0.1) is 19.6 Å². The van der Waals surface area contributed by atoms with Crippen molar-refractivity contribution in [3.05, 3.63) is 30.2 Å². The molecular formula is C19H25F4N3O7S. The molecule has 1 saturated heterocycles. The third-order valence-electron chi connectivity index (χ3n) is 4.67. The van der Waals surface area contributed by atoms with Gasteiger partial charge in [-0.05, 0) is 24.8 Å². The summed E-state index contributed by atoms with van der Waals surface area (Å²) in [5, 5.41) is 7.12. The van der Waals surface area contributed by atoms with Crippen molar-refractivity contribution in [2.24, 2.45) is 11.7 Å². The number of carbonyl (C=O) groups excluding carboxylic acids is 1. The molecule has 0 spiro atoms. The zero-order valence-corrected chi connectivity index (χ0v) is 18.9. The number of methoxy groups -OCH3 is 1. The van der Waals surface area contributed by atoms with Crippen LogP contribution < -0.4 is 10.5 Å². The third kappa shape index (κ3) is 9.23. The van der Waals surface area contributed by atoms with E-state index in [2.05, 4.69) is 9.72 Å². The minimum absolute atomic E-state index is 0.0227. The summed E-state index contributed by atoms with van der Waals surface area (Å²) in [5.74, 6) is -2.74. The van der Waals surface area contributed by atoms with Crippen LogP contribution in [0, 0.1) is 5.92 Å². The van der Waals surface area contributed by atoms with Gasteiger partial charge < -0.3 is 20.3 Å². The van der Waals surface area contributed by atoms with E-state index in [0.717, 1.165) is 0 Å². The van der Waals surface area contributed by atoms with Gasteiger partial charge in [-0.25, -0.2) is 22.6 Å². The molecule has 0 saturated carbocycles. The summed E-state index contributed by atoms with van der Waals surface area (Å²) >= 11 is 0. The molecule has 0 atom stereocenters. The molecule has 0 amide bonds. The van der Waals surface area contributed by atoms with E-state index in [-0.39, 0.29) is 41.4 Å². The van der Waals surface area contributed by atoms with Gasteiger partial charge in [-0.15, -0.1) is 0 Å². The Kier molecular flexibility index (Phi) is 11.4. The highest BCUT2D eigenvalue weighted by Gasteiger charge is 2.38. The fourth-order valence-corrected chi connectivity index (χ4v) is 4.14. The zero-order chi connectivity index (χ0) is 25.9. The fourth-order valence-electron chi connectivity index (χ4n) is 2.73. The molecule has 15 heteroatoms. The number of hydrogen-bond acceptors (Lipinski definition) is 8. The first-order valence-corrected chi connectivity index (χ1v) is 11.2. The molecule has 0 aromatic carbocycles. The number of piperidine rings is 1. The quantitative estimate of drug-likeness (QED) is 0.391. The lowest BCUT2D eigenvalue weighted by atomic mass is 9.95. The van der Waals surface area contributed by atoms with Crippen LogP contribution in [-0.2, 0) is 24.3 Å². The van der Waals surface area contributed by atoms with E-state index in [4.69, 9.17) is 20.4 Å². The molecule has 3 N–H and O–H groups in total. The van der Waals surface area contributed by atoms with Gasteiger partial charge in [0.25, 0.3) is 0 Å². The number of aliphatic carboxylic acids is 1. The van der Waals surface area contributed by atoms with Crippen molar-refractivity contribution >= 4 is 22.0 Å². The van der Waals surface area contributed by atoms with E-state index in [0.29, 0.717) is 38.7 Å². The summed E-state index contributed by atoms with van der Waals surface area (Å²) in [6.45, 7) is 0.640. The number of alkyl halides is 3. The van der Waals surface area contributed by atoms with E-state index in [1.807, 2.05) is 0 Å². The number of ether oxygens (including phenoxy) is 2. The number of halogens is 4. The molecule has 1 aromatic heterocycles. The maximum Gasteiger partial charge on any atom is 0.490 e. The highest BCUT2D eigenvalue weighted by molar-refractivity contribution is 7.89. The molecule has 10 nitrogen and oxygen atoms in total. The summed E-state index contributed by atoms with van der Waals surface area (Å²) in [6, 6.07) is 2.82. The van der Waals surface area contributed by atoms with Crippen LogP contribution in [-0.4, -0.2) is 74.3 Å². The molecule has 1 aliphatic heterocycles. The molecule has 2 rings (SSSR count). The Hall–Kier alpha value is -2.78. The van der Waals surface area contributed by atoms with Crippen LogP contribution in [0.5, 0.6) is 5.88 Å². The number of rotatable bonds is 8. The van der Waals surface area contributed by atoms with E-state index < -0.39 is 22.2 Å². The van der Waals surface area contributed by atoms with Gasteiger partial charge in [-0.3, -0.25) is 4.79 Å². The smallest absolute Gasteiger partial charge is 0.475 e. The van der Waals surface area contributed by atoms with Crippen LogP contribution in [0.25, 0.3) is 0 Å². The predicted molar refractivity (Wildman–Crippen MR) is 110 cm³/mol. The monoisotopic (exact) mass is 515 g/mol. The Labute approximate surface area is 193 Å². The number of carboxylic acids is 1. The number of nitrogens with zero attached hydrogens (tertiary/aromatic N) is 2. The maximum atomic E-state index is 12.7. The molecule has 1 aliphatic rings. The topological polar surface area (TPSA) is 149 Å². The van der Waals surface area contributed by atoms with Crippen LogP contribution in [0.1, 0.15) is 19.3 Å². The lowest BCUT2D eigenvalue weighted by molar-refractivity contribution is -0.192. The van der Waals surface area contributed by atoms with Gasteiger partial charge in [0.1, 0.15) is 11.5 Å². The molecule has 0 unspecified atom stereocenters. The average Bonchev–Trinajstić information content (AvgIpc) is 2.80. The van der Waals surface area contributed by atoms with Crippen molar-refractivity contribution in [1.29, 1.82) is 0 Å². The standard InChI is InChI=1S/C17H24FN3O5S.C2HF3O2/c1-25-17(22)8-13-4-6-21(7-5-13)27(23,24)15-2-3-16(20-11-15)26-12-14(9-18)10-19;3-2(4,5)1(6)7/h2-3,9,11,13H,4-8,10,12,19H2,1H3;(H,6,7)/b14-9+;. The second-order valence-electron chi connectivity index (χ2n) is 7.02. The predicted octanol–water partition coefficient (Wildman–Crippen LogP) is 1.87. The lowest BCUT2D eigenvalue weighted by Gasteiger charge is -2.30. The molecule has 34 heavy (non-hydrogen) atoms. The minimum Gasteiger partial charge on any atom is -0.475 e. The number of pyridine rings is 1. The van der Waals surface area contributed by atoms with Crippen molar-refractivity contribution in [1.82, 2.24) is 9.29 Å². The molecular weight excluding hydrogens is 490 g/mol. The number of esters is 1. The van der Waals surface area contributed by atoms with Gasteiger partial charge in [0.2, 0.25) is 15.9 Å². The second-order valence-corrected chi connectivity index (χ2v) is 8.96. The summed E-state index contributed by atoms with van der Waals surface area (Å²) < 4.78 is 80.9. The first-order chi connectivity index (χ1) is 15.8. The van der Waals surface area contributed by atoms with E-state index in [9.17, 15) is 30.8 Å². The molecule has 192 valence electrons. The van der Waals surface area contributed by atoms with E-state index >= 15 is 0 Å². The van der Waals surface area contributed by atoms with Crippen LogP contribution in [0.4, 0.5) is 17.6 Å². The summed E-state index contributed by atoms with van der Waals surface area (Å²) in [5.41, 5.74) is 5.60. The summed E-state index contributed by atoms with van der Waals surface area (Å²) in [7, 11) is -2.33. The first-order valence-electron chi connectivity index (χ1n) is 9.79. The number of aromatic nitrogens is 1. The van der Waals surface area contributed by atoms with E-state index in [1.54, 1.807) is 0 Å². The van der Waals surface area contributed by atoms with Gasteiger partial charge in [-0.2, -0.15) is 17.5 Å². The Balaban J connectivity index is 0.000000718. The maximum absolute atomic E-state index is 12.7. The summed E-state index contributed by atoms with van der Waals surface area (Å²) in [6.07, 6.45) is -1.99. The van der Waals surface area contributed by atoms with Gasteiger partial charge in [-0.1, -0.05) is 0 Å². The van der Waals surface area contributed by atoms with Crippen LogP contribution >= 0.6 is 0 Å². The second kappa shape index (κ2) is 13.2. The number of sulfonamides is 1. The normalized spacial score (nSPS) is 15.8. The van der Waals surface area contributed by atoms with Gasteiger partial charge in [0, 0.05) is 37.7 Å². The lowest BCUT2D eigenvalue weighted by Crippen LogP contribution is -2.39. The minimum atomic E-state index is -5.08. The van der Waals surface area contributed by atoms with Crippen LogP contribution in [0.3, 0.4) is 0 Å². The average molecular weight is 515 g/mol. The van der Waals surface area contributed by atoms with E-state index in [1.165, 1.54) is 29.7 Å². The molecule has 0 aliphatic carbocycles. The van der Waals surface area contributed by atoms with Crippen molar-refractivity contribution in [2.45, 2.75) is 30.3 Å². The van der Waals surface area contributed by atoms with Crippen molar-refractivity contribution in [2.75, 3.05) is 33.4 Å². The molecule has 2 heterocycles. The molecule has 1 fully saturated rings. The van der Waals surface area contributed by atoms with Crippen molar-refractivity contribution < 1.29 is 50.1 Å². The SMILES string of the molecule is COC(=O)CC1CCN(S(=O)(=O)c2ccc(OC/C(=C/F)CN)nc2)CC1.O=C(O)C(F)(F)F. The number of hydrogen-bond donors (Lipinski definition) is 2. The van der Waals surface area contributed by atoms with Gasteiger partial charge in [0.15, 0.2) is 0 Å². The summed E-state index contributed by atoms with van der Waals surface area (Å²) in [4.78, 5) is 24.3.